The zero-order chi connectivity index (χ0) is 5.82. The second-order valence-corrected chi connectivity index (χ2v) is 1.75. The van der Waals surface area contributed by atoms with Gasteiger partial charge < -0.3 is 0 Å². The van der Waals surface area contributed by atoms with Crippen LogP contribution in [0.25, 0.3) is 0 Å². The van der Waals surface area contributed by atoms with Gasteiger partial charge in [-0.1, -0.05) is 6.08 Å². The van der Waals surface area contributed by atoms with Crippen LogP contribution in [0.3, 0.4) is 0 Å². The van der Waals surface area contributed by atoms with E-state index in [1.807, 2.05) is 6.08 Å². The van der Waals surface area contributed by atoms with E-state index in [9.17, 15) is 4.39 Å². The van der Waals surface area contributed by atoms with Crippen molar-refractivity contribution in [2.45, 2.75) is 12.8 Å². The molecule has 0 atom stereocenters. The van der Waals surface area contributed by atoms with Gasteiger partial charge >= 0.3 is 0 Å². The third kappa shape index (κ3) is 1.15. The zero-order valence-electron chi connectivity index (χ0n) is 4.60. The minimum atomic E-state index is -0.385. The molecule has 0 aromatic rings. The molecule has 0 saturated heterocycles. The van der Waals surface area contributed by atoms with Crippen LogP contribution >= 0.6 is 0 Å². The van der Waals surface area contributed by atoms with E-state index in [0.29, 0.717) is 5.71 Å². The summed E-state index contributed by atoms with van der Waals surface area (Å²) in [5.41, 5.74) is 0.674. The van der Waals surface area contributed by atoms with Gasteiger partial charge in [-0.2, -0.15) is 0 Å². The summed E-state index contributed by atoms with van der Waals surface area (Å²) < 4.78 is 11.7. The molecular formula is C6H8FN. The van der Waals surface area contributed by atoms with Crippen molar-refractivity contribution in [3.63, 3.8) is 0 Å². The van der Waals surface area contributed by atoms with Gasteiger partial charge in [0.15, 0.2) is 0 Å². The van der Waals surface area contributed by atoms with Crippen molar-refractivity contribution in [2.24, 2.45) is 4.99 Å². The van der Waals surface area contributed by atoms with E-state index in [1.54, 1.807) is 6.20 Å². The Morgan fingerprint density at radius 1 is 1.75 bits per heavy atom. The van der Waals surface area contributed by atoms with Crippen molar-refractivity contribution in [3.05, 3.63) is 12.3 Å². The molecule has 0 spiro atoms. The van der Waals surface area contributed by atoms with Crippen molar-refractivity contribution in [3.8, 4) is 0 Å². The first-order valence-electron chi connectivity index (χ1n) is 2.70. The molecule has 0 N–H and O–H groups in total. The molecule has 8 heavy (non-hydrogen) atoms. The van der Waals surface area contributed by atoms with Gasteiger partial charge in [0.2, 0.25) is 0 Å². The van der Waals surface area contributed by atoms with E-state index in [0.717, 1.165) is 12.8 Å². The van der Waals surface area contributed by atoms with E-state index in [4.69, 9.17) is 0 Å². The minimum Gasteiger partial charge on any atom is -0.263 e. The number of halogens is 1. The predicted molar refractivity (Wildman–Crippen MR) is 31.8 cm³/mol. The first-order chi connectivity index (χ1) is 3.93. The Labute approximate surface area is 47.9 Å². The Morgan fingerprint density at radius 3 is 3.00 bits per heavy atom. The zero-order valence-corrected chi connectivity index (χ0v) is 4.60. The maximum absolute atomic E-state index is 11.7. The number of alkyl halides is 1. The molecule has 0 amide bonds. The van der Waals surface area contributed by atoms with Crippen molar-refractivity contribution >= 4 is 5.71 Å². The Hall–Kier alpha value is -0.660. The SMILES string of the molecule is FCC1=NC=CCC1. The highest BCUT2D eigenvalue weighted by atomic mass is 19.1. The lowest BCUT2D eigenvalue weighted by molar-refractivity contribution is 0.574. The van der Waals surface area contributed by atoms with Crippen LogP contribution in [0.4, 0.5) is 4.39 Å². The van der Waals surface area contributed by atoms with Crippen LogP contribution in [0.15, 0.2) is 17.3 Å². The fraction of sp³-hybridized carbons (Fsp3) is 0.500. The van der Waals surface area contributed by atoms with E-state index in [-0.39, 0.29) is 6.67 Å². The molecule has 0 fully saturated rings. The van der Waals surface area contributed by atoms with E-state index in [1.165, 1.54) is 0 Å². The lowest BCUT2D eigenvalue weighted by Crippen LogP contribution is -2.01. The van der Waals surface area contributed by atoms with Gasteiger partial charge in [-0.3, -0.25) is 4.99 Å². The van der Waals surface area contributed by atoms with Gasteiger partial charge in [-0.15, -0.1) is 0 Å². The van der Waals surface area contributed by atoms with Gasteiger partial charge in [0.25, 0.3) is 0 Å². The normalized spacial score (nSPS) is 18.4. The third-order valence-electron chi connectivity index (χ3n) is 1.12. The predicted octanol–water partition coefficient (Wildman–Crippen LogP) is 1.70. The Balaban J connectivity index is 2.50. The summed E-state index contributed by atoms with van der Waals surface area (Å²) in [6.45, 7) is -0.385. The molecule has 0 bridgehead atoms. The van der Waals surface area contributed by atoms with Gasteiger partial charge in [-0.25, -0.2) is 4.39 Å². The lowest BCUT2D eigenvalue weighted by Gasteiger charge is -2.00. The van der Waals surface area contributed by atoms with Crippen LogP contribution in [0.1, 0.15) is 12.8 Å². The van der Waals surface area contributed by atoms with Crippen LogP contribution in [-0.4, -0.2) is 12.4 Å². The van der Waals surface area contributed by atoms with Crippen molar-refractivity contribution in [1.82, 2.24) is 0 Å². The number of hydrogen-bond donors (Lipinski definition) is 0. The smallest absolute Gasteiger partial charge is 0.128 e. The highest BCUT2D eigenvalue weighted by Gasteiger charge is 1.97. The quantitative estimate of drug-likeness (QED) is 0.490. The monoisotopic (exact) mass is 113 g/mol. The van der Waals surface area contributed by atoms with Crippen molar-refractivity contribution < 1.29 is 4.39 Å². The number of rotatable bonds is 1. The molecule has 0 unspecified atom stereocenters. The number of hydrogen-bond acceptors (Lipinski definition) is 1. The van der Waals surface area contributed by atoms with Crippen molar-refractivity contribution in [2.75, 3.05) is 6.67 Å². The fourth-order valence-electron chi connectivity index (χ4n) is 0.648. The molecule has 0 radical (unpaired) electrons. The van der Waals surface area contributed by atoms with Crippen LogP contribution in [0, 0.1) is 0 Å². The largest absolute Gasteiger partial charge is 0.263 e. The highest BCUT2D eigenvalue weighted by molar-refractivity contribution is 5.86. The molecule has 1 aliphatic rings. The van der Waals surface area contributed by atoms with E-state index >= 15 is 0 Å². The van der Waals surface area contributed by atoms with Gasteiger partial charge in [0.1, 0.15) is 6.67 Å². The molecule has 0 aromatic carbocycles. The van der Waals surface area contributed by atoms with Crippen LogP contribution in [-0.2, 0) is 0 Å². The Bertz CT molecular complexity index is 126. The third-order valence-corrected chi connectivity index (χ3v) is 1.12. The Morgan fingerprint density at radius 2 is 2.62 bits per heavy atom. The van der Waals surface area contributed by atoms with Crippen LogP contribution in [0.2, 0.25) is 0 Å². The molecule has 1 nitrogen and oxygen atoms in total. The fourth-order valence-corrected chi connectivity index (χ4v) is 0.648. The number of aliphatic imine (C=N–C) groups is 1. The lowest BCUT2D eigenvalue weighted by atomic mass is 10.2. The Kier molecular flexibility index (Phi) is 1.78. The molecule has 0 aliphatic carbocycles. The number of allylic oxidation sites excluding steroid dienone is 1. The number of nitrogens with zero attached hydrogens (tertiary/aromatic N) is 1. The summed E-state index contributed by atoms with van der Waals surface area (Å²) in [6, 6.07) is 0. The summed E-state index contributed by atoms with van der Waals surface area (Å²) in [4.78, 5) is 3.81. The van der Waals surface area contributed by atoms with Gasteiger partial charge in [0.05, 0.1) is 0 Å². The van der Waals surface area contributed by atoms with Crippen LogP contribution in [0.5, 0.6) is 0 Å². The molecule has 44 valence electrons. The minimum absolute atomic E-state index is 0.385. The average Bonchev–Trinajstić information content (AvgIpc) is 1.90. The molecule has 0 saturated carbocycles. The van der Waals surface area contributed by atoms with Gasteiger partial charge in [-0.05, 0) is 12.8 Å². The summed E-state index contributed by atoms with van der Waals surface area (Å²) in [6.07, 6.45) is 5.35. The first-order valence-corrected chi connectivity index (χ1v) is 2.70. The first kappa shape index (κ1) is 5.48. The molecule has 1 heterocycles. The molecule has 1 aliphatic heterocycles. The molecule has 2 heteroatoms. The standard InChI is InChI=1S/C6H8FN/c7-5-6-3-1-2-4-8-6/h2,4H,1,3,5H2. The highest BCUT2D eigenvalue weighted by Crippen LogP contribution is 2.02. The summed E-state index contributed by atoms with van der Waals surface area (Å²) in [5, 5.41) is 0. The van der Waals surface area contributed by atoms with E-state index in [2.05, 4.69) is 4.99 Å². The molecular weight excluding hydrogens is 105 g/mol. The van der Waals surface area contributed by atoms with Crippen LogP contribution < -0.4 is 0 Å². The summed E-state index contributed by atoms with van der Waals surface area (Å²) in [7, 11) is 0. The van der Waals surface area contributed by atoms with E-state index < -0.39 is 0 Å². The van der Waals surface area contributed by atoms with Gasteiger partial charge in [0, 0.05) is 11.9 Å². The van der Waals surface area contributed by atoms with Crippen molar-refractivity contribution in [1.29, 1.82) is 0 Å². The summed E-state index contributed by atoms with van der Waals surface area (Å²) in [5.74, 6) is 0. The average molecular weight is 113 g/mol. The summed E-state index contributed by atoms with van der Waals surface area (Å²) >= 11 is 0. The maximum atomic E-state index is 11.7. The molecule has 0 aromatic heterocycles. The molecule has 1 rings (SSSR count). The second kappa shape index (κ2) is 2.60. The maximum Gasteiger partial charge on any atom is 0.128 e. The topological polar surface area (TPSA) is 12.4 Å². The second-order valence-electron chi connectivity index (χ2n) is 1.75.